The van der Waals surface area contributed by atoms with Crippen LogP contribution in [0.5, 0.6) is 5.75 Å². The number of anilines is 2. The van der Waals surface area contributed by atoms with E-state index in [0.717, 1.165) is 36.4 Å². The largest absolute Gasteiger partial charge is 0.497 e. The molecule has 1 aromatic heterocycles. The second-order valence-electron chi connectivity index (χ2n) is 12.0. The fraction of sp³-hybridized carbons (Fsp3) is 0.237. The van der Waals surface area contributed by atoms with E-state index in [0.29, 0.717) is 0 Å². The Bertz CT molecular complexity index is 1800. The summed E-state index contributed by atoms with van der Waals surface area (Å²) < 4.78 is 8.80. The molecule has 0 aliphatic carbocycles. The van der Waals surface area contributed by atoms with Crippen molar-refractivity contribution in [2.24, 2.45) is 0 Å². The van der Waals surface area contributed by atoms with Gasteiger partial charge in [0.05, 0.1) is 38.5 Å². The average Bonchev–Trinajstić information content (AvgIpc) is 3.36. The number of likely N-dealkylation sites (N-methyl/N-ethyl adjacent to an activating group) is 2. The molecule has 0 unspecified atom stereocenters. The number of methoxy groups -OCH3 is 1. The first-order chi connectivity index (χ1) is 21.4. The van der Waals surface area contributed by atoms with Gasteiger partial charge in [-0.15, -0.1) is 0 Å². The zero-order valence-corrected chi connectivity index (χ0v) is 27.2. The Morgan fingerprint density at radius 3 is 2.41 bits per heavy atom. The van der Waals surface area contributed by atoms with Crippen LogP contribution in [0.3, 0.4) is 0 Å². The van der Waals surface area contributed by atoms with Crippen molar-refractivity contribution in [3.8, 4) is 11.4 Å². The summed E-state index contributed by atoms with van der Waals surface area (Å²) in [5.41, 5.74) is 6.15. The van der Waals surface area contributed by atoms with Crippen LogP contribution in [0, 0.1) is 0 Å². The minimum Gasteiger partial charge on any atom is -0.497 e. The maximum Gasteiger partial charge on any atom is 0.283 e. The van der Waals surface area contributed by atoms with E-state index in [2.05, 4.69) is 152 Å². The molecule has 2 heterocycles. The van der Waals surface area contributed by atoms with Crippen molar-refractivity contribution < 1.29 is 13.8 Å². The second kappa shape index (κ2) is 12.8. The van der Waals surface area contributed by atoms with E-state index >= 15 is 0 Å². The summed E-state index contributed by atoms with van der Waals surface area (Å²) in [6, 6.07) is 39.1. The molecule has 6 rings (SSSR count). The summed E-state index contributed by atoms with van der Waals surface area (Å²) in [6.07, 6.45) is 2.36. The summed E-state index contributed by atoms with van der Waals surface area (Å²) in [4.78, 5) is 6.14. The molecule has 5 nitrogen and oxygen atoms in total. The first-order valence-corrected chi connectivity index (χ1v) is 16.1. The van der Waals surface area contributed by atoms with Crippen molar-refractivity contribution in [1.82, 2.24) is 0 Å². The SMILES string of the molecule is CCN(CC[N+](C)(C)Cc1cccc(OC)c1)c1cc(C=C2Sc3ccccc3N2C)c2ccccc2[n+]1-c1ccccc1. The third-order valence-electron chi connectivity index (χ3n) is 8.46. The van der Waals surface area contributed by atoms with Crippen LogP contribution in [-0.4, -0.2) is 52.4 Å². The summed E-state index contributed by atoms with van der Waals surface area (Å²) in [5, 5.41) is 2.47. The Kier molecular flexibility index (Phi) is 8.65. The molecular weight excluding hydrogens is 561 g/mol. The summed E-state index contributed by atoms with van der Waals surface area (Å²) in [7, 11) is 8.54. The minimum absolute atomic E-state index is 0.874. The summed E-state index contributed by atoms with van der Waals surface area (Å²) in [5.74, 6) is 2.11. The van der Waals surface area contributed by atoms with Crippen molar-refractivity contribution in [2.75, 3.05) is 57.7 Å². The molecular formula is C38H42N4OS+2. The lowest BCUT2D eigenvalue weighted by atomic mass is 10.1. The van der Waals surface area contributed by atoms with E-state index in [4.69, 9.17) is 4.74 Å². The zero-order valence-electron chi connectivity index (χ0n) is 26.4. The third-order valence-corrected chi connectivity index (χ3v) is 9.63. The molecule has 6 heteroatoms. The Balaban J connectivity index is 1.41. The predicted molar refractivity (Wildman–Crippen MR) is 186 cm³/mol. The standard InChI is InChI=1S/C38H42N4OS/c1-6-40(23-24-42(3,4)28-29-15-14-18-32(25-29)43-5)37-26-30(27-38-39(2)35-21-12-13-22-36(35)44-38)33-19-10-11-20-34(33)41(37)31-16-8-7-9-17-31/h7-22,25-27H,6,23-24,28H2,1-5H3/q+2. The topological polar surface area (TPSA) is 19.6 Å². The van der Waals surface area contributed by atoms with Crippen molar-refractivity contribution in [3.63, 3.8) is 0 Å². The summed E-state index contributed by atoms with van der Waals surface area (Å²) >= 11 is 1.84. The minimum atomic E-state index is 0.874. The first kappa shape index (κ1) is 29.8. The van der Waals surface area contributed by atoms with Crippen LogP contribution in [0.2, 0.25) is 0 Å². The fourth-order valence-electron chi connectivity index (χ4n) is 6.07. The second-order valence-corrected chi connectivity index (χ2v) is 13.1. The number of pyridine rings is 1. The number of benzene rings is 4. The lowest BCUT2D eigenvalue weighted by Gasteiger charge is -2.31. The lowest BCUT2D eigenvalue weighted by Crippen LogP contribution is -2.48. The van der Waals surface area contributed by atoms with E-state index < -0.39 is 0 Å². The number of aromatic nitrogens is 1. The van der Waals surface area contributed by atoms with Crippen LogP contribution in [0.1, 0.15) is 18.1 Å². The molecule has 0 spiro atoms. The number of rotatable bonds is 10. The predicted octanol–water partition coefficient (Wildman–Crippen LogP) is 7.77. The van der Waals surface area contributed by atoms with Crippen LogP contribution in [-0.2, 0) is 6.54 Å². The van der Waals surface area contributed by atoms with Gasteiger partial charge in [0.1, 0.15) is 36.6 Å². The van der Waals surface area contributed by atoms with Gasteiger partial charge < -0.3 is 14.1 Å². The molecule has 4 aromatic carbocycles. The maximum atomic E-state index is 5.49. The Labute approximate surface area is 266 Å². The highest BCUT2D eigenvalue weighted by Gasteiger charge is 2.28. The number of hydrogen-bond donors (Lipinski definition) is 0. The van der Waals surface area contributed by atoms with Gasteiger partial charge in [0.25, 0.3) is 5.82 Å². The summed E-state index contributed by atoms with van der Waals surface area (Å²) in [6.45, 7) is 6.03. The normalized spacial score (nSPS) is 13.8. The highest BCUT2D eigenvalue weighted by atomic mass is 32.2. The molecule has 0 bridgehead atoms. The van der Waals surface area contributed by atoms with Gasteiger partial charge in [-0.3, -0.25) is 4.90 Å². The van der Waals surface area contributed by atoms with Crippen molar-refractivity contribution in [2.45, 2.75) is 18.4 Å². The molecule has 0 saturated carbocycles. The molecule has 0 amide bonds. The Hall–Kier alpha value is -4.26. The van der Waals surface area contributed by atoms with E-state index in [-0.39, 0.29) is 0 Å². The van der Waals surface area contributed by atoms with E-state index in [1.165, 1.54) is 49.1 Å². The van der Waals surface area contributed by atoms with Gasteiger partial charge in [-0.1, -0.05) is 72.4 Å². The number of quaternary nitrogens is 1. The number of thioether (sulfide) groups is 1. The molecule has 0 N–H and O–H groups in total. The van der Waals surface area contributed by atoms with E-state index in [1.54, 1.807) is 7.11 Å². The van der Waals surface area contributed by atoms with E-state index in [9.17, 15) is 0 Å². The van der Waals surface area contributed by atoms with Gasteiger partial charge in [-0.25, -0.2) is 0 Å². The van der Waals surface area contributed by atoms with Crippen molar-refractivity contribution in [3.05, 3.63) is 125 Å². The third kappa shape index (κ3) is 6.19. The first-order valence-electron chi connectivity index (χ1n) is 15.3. The monoisotopic (exact) mass is 602 g/mol. The van der Waals surface area contributed by atoms with Crippen LogP contribution >= 0.6 is 11.8 Å². The molecule has 1 aliphatic heterocycles. The Morgan fingerprint density at radius 2 is 1.64 bits per heavy atom. The van der Waals surface area contributed by atoms with Gasteiger partial charge >= 0.3 is 0 Å². The molecule has 0 saturated heterocycles. The highest BCUT2D eigenvalue weighted by Crippen LogP contribution is 2.45. The molecule has 0 atom stereocenters. The van der Waals surface area contributed by atoms with Crippen LogP contribution in [0.15, 0.2) is 119 Å². The van der Waals surface area contributed by atoms with Gasteiger partial charge in [-0.2, -0.15) is 4.57 Å². The van der Waals surface area contributed by atoms with Crippen LogP contribution in [0.25, 0.3) is 22.7 Å². The van der Waals surface area contributed by atoms with Gasteiger partial charge in [0.2, 0.25) is 0 Å². The van der Waals surface area contributed by atoms with Crippen molar-refractivity contribution >= 4 is 40.2 Å². The van der Waals surface area contributed by atoms with Crippen molar-refractivity contribution in [1.29, 1.82) is 0 Å². The maximum absolute atomic E-state index is 5.49. The number of ether oxygens (including phenoxy) is 1. The quantitative estimate of drug-likeness (QED) is 0.120. The van der Waals surface area contributed by atoms with Crippen LogP contribution < -0.4 is 19.1 Å². The molecule has 5 aromatic rings. The molecule has 44 heavy (non-hydrogen) atoms. The highest BCUT2D eigenvalue weighted by molar-refractivity contribution is 8.03. The fourth-order valence-corrected chi connectivity index (χ4v) is 7.17. The van der Waals surface area contributed by atoms with Gasteiger partial charge in [0.15, 0.2) is 0 Å². The molecule has 1 aliphatic rings. The molecule has 0 radical (unpaired) electrons. The molecule has 0 fully saturated rings. The van der Waals surface area contributed by atoms with Crippen LogP contribution in [0.4, 0.5) is 11.5 Å². The van der Waals surface area contributed by atoms with Gasteiger partial charge in [-0.05, 0) is 61.0 Å². The number of para-hydroxylation sites is 3. The smallest absolute Gasteiger partial charge is 0.283 e. The number of fused-ring (bicyclic) bond motifs is 2. The Morgan fingerprint density at radius 1 is 0.886 bits per heavy atom. The number of hydrogen-bond acceptors (Lipinski definition) is 4. The molecule has 224 valence electrons. The zero-order chi connectivity index (χ0) is 30.7. The number of nitrogens with zero attached hydrogens (tertiary/aromatic N) is 4. The van der Waals surface area contributed by atoms with E-state index in [1.807, 2.05) is 17.8 Å². The average molecular weight is 603 g/mol. The van der Waals surface area contributed by atoms with Gasteiger partial charge in [0, 0.05) is 29.0 Å². The lowest BCUT2D eigenvalue weighted by molar-refractivity contribution is -0.902.